The highest BCUT2D eigenvalue weighted by Gasteiger charge is 2.34. The number of aliphatic carboxylic acids is 1. The third-order valence-electron chi connectivity index (χ3n) is 3.99. The zero-order chi connectivity index (χ0) is 16.1. The maximum absolute atomic E-state index is 12.0. The van der Waals surface area contributed by atoms with Gasteiger partial charge in [0.1, 0.15) is 0 Å². The van der Waals surface area contributed by atoms with Crippen LogP contribution in [0.4, 0.5) is 0 Å². The van der Waals surface area contributed by atoms with Gasteiger partial charge in [-0.25, -0.2) is 0 Å². The van der Waals surface area contributed by atoms with Gasteiger partial charge in [0.15, 0.2) is 0 Å². The van der Waals surface area contributed by atoms with Gasteiger partial charge in [0.2, 0.25) is 5.91 Å². The molecule has 0 spiro atoms. The molecule has 1 amide bonds. The quantitative estimate of drug-likeness (QED) is 0.772. The summed E-state index contributed by atoms with van der Waals surface area (Å²) in [5.41, 5.74) is 0.976. The van der Waals surface area contributed by atoms with Crippen LogP contribution in [0.5, 0.6) is 0 Å². The number of carbonyl (C=O) groups excluding carboxylic acids is 1. The van der Waals surface area contributed by atoms with Crippen LogP contribution in [-0.4, -0.2) is 47.1 Å². The van der Waals surface area contributed by atoms with Crippen LogP contribution in [-0.2, 0) is 16.0 Å². The molecule has 120 valence electrons. The van der Waals surface area contributed by atoms with Gasteiger partial charge in [0.25, 0.3) is 0 Å². The molecule has 1 aliphatic rings. The van der Waals surface area contributed by atoms with E-state index < -0.39 is 5.97 Å². The van der Waals surface area contributed by atoms with Crippen molar-refractivity contribution < 1.29 is 14.7 Å². The summed E-state index contributed by atoms with van der Waals surface area (Å²) in [6.45, 7) is 2.75. The SMILES string of the molecule is CCN(CC(=O)O)C1CC(NC(=O)Cc2cccc(Br)c2)C1. The molecule has 1 aliphatic carbocycles. The highest BCUT2D eigenvalue weighted by atomic mass is 79.9. The molecule has 5 nitrogen and oxygen atoms in total. The monoisotopic (exact) mass is 368 g/mol. The van der Waals surface area contributed by atoms with Crippen LogP contribution < -0.4 is 5.32 Å². The van der Waals surface area contributed by atoms with Crippen molar-refractivity contribution in [2.45, 2.75) is 38.3 Å². The van der Waals surface area contributed by atoms with E-state index in [2.05, 4.69) is 21.2 Å². The van der Waals surface area contributed by atoms with Crippen LogP contribution in [0.25, 0.3) is 0 Å². The fraction of sp³-hybridized carbons (Fsp3) is 0.500. The van der Waals surface area contributed by atoms with Gasteiger partial charge >= 0.3 is 5.97 Å². The summed E-state index contributed by atoms with van der Waals surface area (Å²) >= 11 is 3.39. The molecule has 0 unspecified atom stereocenters. The first-order valence-corrected chi connectivity index (χ1v) is 8.27. The van der Waals surface area contributed by atoms with Crippen LogP contribution in [0, 0.1) is 0 Å². The van der Waals surface area contributed by atoms with E-state index in [0.717, 1.165) is 29.4 Å². The van der Waals surface area contributed by atoms with Crippen molar-refractivity contribution in [3.05, 3.63) is 34.3 Å². The number of carbonyl (C=O) groups is 2. The zero-order valence-corrected chi connectivity index (χ0v) is 14.2. The molecule has 0 radical (unpaired) electrons. The molecule has 0 aromatic heterocycles. The van der Waals surface area contributed by atoms with Crippen molar-refractivity contribution in [3.8, 4) is 0 Å². The minimum Gasteiger partial charge on any atom is -0.480 e. The van der Waals surface area contributed by atoms with Crippen molar-refractivity contribution in [2.24, 2.45) is 0 Å². The molecule has 6 heteroatoms. The van der Waals surface area contributed by atoms with Crippen molar-refractivity contribution in [1.82, 2.24) is 10.2 Å². The Bertz CT molecular complexity index is 544. The lowest BCUT2D eigenvalue weighted by atomic mass is 9.85. The molecule has 2 rings (SSSR count). The van der Waals surface area contributed by atoms with Crippen LogP contribution in [0.1, 0.15) is 25.3 Å². The smallest absolute Gasteiger partial charge is 0.317 e. The second kappa shape index (κ2) is 7.74. The molecule has 0 saturated heterocycles. The van der Waals surface area contributed by atoms with Crippen LogP contribution >= 0.6 is 15.9 Å². The number of amides is 1. The summed E-state index contributed by atoms with van der Waals surface area (Å²) in [7, 11) is 0. The molecule has 1 fully saturated rings. The van der Waals surface area contributed by atoms with Gasteiger partial charge in [-0.2, -0.15) is 0 Å². The number of rotatable bonds is 7. The van der Waals surface area contributed by atoms with Crippen LogP contribution in [0.2, 0.25) is 0 Å². The van der Waals surface area contributed by atoms with Crippen LogP contribution in [0.15, 0.2) is 28.7 Å². The molecule has 0 atom stereocenters. The number of carboxylic acid groups (broad SMARTS) is 1. The third kappa shape index (κ3) is 4.81. The predicted octanol–water partition coefficient (Wildman–Crippen LogP) is 2.05. The third-order valence-corrected chi connectivity index (χ3v) is 4.49. The van der Waals surface area contributed by atoms with Gasteiger partial charge in [-0.3, -0.25) is 14.5 Å². The van der Waals surface area contributed by atoms with E-state index in [4.69, 9.17) is 5.11 Å². The van der Waals surface area contributed by atoms with Gasteiger partial charge in [-0.15, -0.1) is 0 Å². The first-order chi connectivity index (χ1) is 10.5. The van der Waals surface area contributed by atoms with E-state index in [1.165, 1.54) is 0 Å². The number of carboxylic acids is 1. The lowest BCUT2D eigenvalue weighted by Gasteiger charge is -2.42. The van der Waals surface area contributed by atoms with Crippen LogP contribution in [0.3, 0.4) is 0 Å². The van der Waals surface area contributed by atoms with E-state index in [0.29, 0.717) is 6.42 Å². The summed E-state index contributed by atoms with van der Waals surface area (Å²) in [6, 6.07) is 8.13. The minimum atomic E-state index is -0.802. The Balaban J connectivity index is 1.75. The largest absolute Gasteiger partial charge is 0.480 e. The summed E-state index contributed by atoms with van der Waals surface area (Å²) in [5, 5.41) is 11.9. The molecule has 1 saturated carbocycles. The van der Waals surface area contributed by atoms with Crippen molar-refractivity contribution in [3.63, 3.8) is 0 Å². The first-order valence-electron chi connectivity index (χ1n) is 7.47. The maximum atomic E-state index is 12.0. The second-order valence-electron chi connectivity index (χ2n) is 5.65. The highest BCUT2D eigenvalue weighted by Crippen LogP contribution is 2.25. The Morgan fingerprint density at radius 1 is 1.41 bits per heavy atom. The number of likely N-dealkylation sites (N-methyl/N-ethyl adjacent to an activating group) is 1. The molecule has 1 aromatic carbocycles. The molecule has 0 bridgehead atoms. The zero-order valence-electron chi connectivity index (χ0n) is 12.6. The fourth-order valence-corrected chi connectivity index (χ4v) is 3.23. The normalized spacial score (nSPS) is 20.5. The molecule has 0 aliphatic heterocycles. The van der Waals surface area contributed by atoms with Gasteiger partial charge in [0.05, 0.1) is 13.0 Å². The topological polar surface area (TPSA) is 69.6 Å². The van der Waals surface area contributed by atoms with Gasteiger partial charge < -0.3 is 10.4 Å². The van der Waals surface area contributed by atoms with Gasteiger partial charge in [-0.05, 0) is 37.1 Å². The summed E-state index contributed by atoms with van der Waals surface area (Å²) < 4.78 is 0.966. The van der Waals surface area contributed by atoms with E-state index >= 15 is 0 Å². The average Bonchev–Trinajstić information content (AvgIpc) is 2.40. The average molecular weight is 369 g/mol. The standard InChI is InChI=1S/C16H21BrN2O3/c1-2-19(10-16(21)22)14-8-13(9-14)18-15(20)7-11-4-3-5-12(17)6-11/h3-6,13-14H,2,7-10H2,1H3,(H,18,20)(H,21,22). The summed E-state index contributed by atoms with van der Waals surface area (Å²) in [6.07, 6.45) is 2.02. The maximum Gasteiger partial charge on any atom is 0.317 e. The lowest BCUT2D eigenvalue weighted by Crippen LogP contribution is -2.55. The number of halogens is 1. The number of nitrogens with one attached hydrogen (secondary N) is 1. The highest BCUT2D eigenvalue weighted by molar-refractivity contribution is 9.10. The van der Waals surface area contributed by atoms with Gasteiger partial charge in [0, 0.05) is 16.6 Å². The Hall–Kier alpha value is -1.40. The van der Waals surface area contributed by atoms with E-state index in [1.54, 1.807) is 0 Å². The Kier molecular flexibility index (Phi) is 5.97. The van der Waals surface area contributed by atoms with Gasteiger partial charge in [-0.1, -0.05) is 35.0 Å². The molecule has 0 heterocycles. The molecular weight excluding hydrogens is 348 g/mol. The van der Waals surface area contributed by atoms with E-state index in [9.17, 15) is 9.59 Å². The Morgan fingerprint density at radius 3 is 2.73 bits per heavy atom. The minimum absolute atomic E-state index is 0.0165. The van der Waals surface area contributed by atoms with Crippen molar-refractivity contribution in [1.29, 1.82) is 0 Å². The molecular formula is C16H21BrN2O3. The molecule has 1 aromatic rings. The van der Waals surface area contributed by atoms with Crippen molar-refractivity contribution in [2.75, 3.05) is 13.1 Å². The number of hydrogen-bond acceptors (Lipinski definition) is 3. The second-order valence-corrected chi connectivity index (χ2v) is 6.57. The summed E-state index contributed by atoms with van der Waals surface area (Å²) in [4.78, 5) is 24.7. The van der Waals surface area contributed by atoms with E-state index in [-0.39, 0.29) is 24.5 Å². The van der Waals surface area contributed by atoms with Crippen molar-refractivity contribution >= 4 is 27.8 Å². The fourth-order valence-electron chi connectivity index (χ4n) is 2.79. The first kappa shape index (κ1) is 17.0. The Morgan fingerprint density at radius 2 is 2.14 bits per heavy atom. The Labute approximate surface area is 138 Å². The number of benzene rings is 1. The molecule has 2 N–H and O–H groups in total. The lowest BCUT2D eigenvalue weighted by molar-refractivity contribution is -0.139. The summed E-state index contributed by atoms with van der Waals surface area (Å²) in [5.74, 6) is -0.785. The predicted molar refractivity (Wildman–Crippen MR) is 87.7 cm³/mol. The number of nitrogens with zero attached hydrogens (tertiary/aromatic N) is 1. The number of hydrogen-bond donors (Lipinski definition) is 2. The van der Waals surface area contributed by atoms with E-state index in [1.807, 2.05) is 36.1 Å². The molecule has 22 heavy (non-hydrogen) atoms.